The lowest BCUT2D eigenvalue weighted by atomic mass is 9.99. The van der Waals surface area contributed by atoms with E-state index in [1.54, 1.807) is 24.1 Å². The van der Waals surface area contributed by atoms with Crippen LogP contribution in [0.2, 0.25) is 0 Å². The van der Waals surface area contributed by atoms with Crippen LogP contribution in [0.15, 0.2) is 30.3 Å². The molecule has 0 atom stereocenters. The summed E-state index contributed by atoms with van der Waals surface area (Å²) in [4.78, 5) is 14.2. The number of amides is 1. The van der Waals surface area contributed by atoms with Crippen LogP contribution in [0, 0.1) is 5.82 Å². The summed E-state index contributed by atoms with van der Waals surface area (Å²) < 4.78 is 24.9. The summed E-state index contributed by atoms with van der Waals surface area (Å²) in [6.07, 6.45) is 1.68. The lowest BCUT2D eigenvalue weighted by Gasteiger charge is -2.21. The van der Waals surface area contributed by atoms with E-state index in [2.05, 4.69) is 6.07 Å². The van der Waals surface area contributed by atoms with Crippen LogP contribution in [0.4, 0.5) is 4.39 Å². The molecule has 1 amide bonds. The van der Waals surface area contributed by atoms with Gasteiger partial charge in [0.25, 0.3) is 5.91 Å². The summed E-state index contributed by atoms with van der Waals surface area (Å²) in [5.41, 5.74) is 3.62. The predicted octanol–water partition coefficient (Wildman–Crippen LogP) is 2.97. The molecule has 0 radical (unpaired) electrons. The van der Waals surface area contributed by atoms with Crippen molar-refractivity contribution in [1.82, 2.24) is 4.90 Å². The highest BCUT2D eigenvalue weighted by Crippen LogP contribution is 2.41. The van der Waals surface area contributed by atoms with E-state index in [0.717, 1.165) is 41.0 Å². The lowest BCUT2D eigenvalue weighted by Crippen LogP contribution is -2.27. The van der Waals surface area contributed by atoms with Crippen molar-refractivity contribution in [3.63, 3.8) is 0 Å². The maximum atomic E-state index is 13.4. The highest BCUT2D eigenvalue weighted by molar-refractivity contribution is 5.94. The van der Waals surface area contributed by atoms with Crippen molar-refractivity contribution in [1.29, 1.82) is 0 Å². The van der Waals surface area contributed by atoms with E-state index in [4.69, 9.17) is 9.47 Å². The molecule has 124 valence electrons. The largest absolute Gasteiger partial charge is 0.493 e. The first kappa shape index (κ1) is 15.0. The van der Waals surface area contributed by atoms with Gasteiger partial charge in [-0.05, 0) is 24.3 Å². The lowest BCUT2D eigenvalue weighted by molar-refractivity contribution is 0.0783. The molecule has 0 aromatic heterocycles. The van der Waals surface area contributed by atoms with Crippen LogP contribution in [-0.4, -0.2) is 31.1 Å². The topological polar surface area (TPSA) is 38.8 Å². The summed E-state index contributed by atoms with van der Waals surface area (Å²) in [6, 6.07) is 7.83. The molecule has 2 aliphatic heterocycles. The first-order valence-corrected chi connectivity index (χ1v) is 8.08. The summed E-state index contributed by atoms with van der Waals surface area (Å²) in [6.45, 7) is 1.74. The Morgan fingerprint density at radius 1 is 1.21 bits per heavy atom. The Hall–Kier alpha value is -2.56. The summed E-state index contributed by atoms with van der Waals surface area (Å²) in [5.74, 6) is 1.17. The summed E-state index contributed by atoms with van der Waals surface area (Å²) >= 11 is 0. The Kier molecular flexibility index (Phi) is 3.63. The molecule has 0 saturated heterocycles. The fourth-order valence-corrected chi connectivity index (χ4v) is 3.40. The zero-order chi connectivity index (χ0) is 16.7. The van der Waals surface area contributed by atoms with Crippen LogP contribution >= 0.6 is 0 Å². The Bertz CT molecular complexity index is 786. The minimum Gasteiger partial charge on any atom is -0.493 e. The van der Waals surface area contributed by atoms with E-state index in [-0.39, 0.29) is 5.91 Å². The third-order valence-electron chi connectivity index (χ3n) is 4.57. The van der Waals surface area contributed by atoms with Gasteiger partial charge in [0.2, 0.25) is 0 Å². The van der Waals surface area contributed by atoms with Gasteiger partial charge in [-0.3, -0.25) is 4.79 Å². The normalized spacial score (nSPS) is 14.6. The van der Waals surface area contributed by atoms with Crippen LogP contribution in [-0.2, 0) is 19.4 Å². The molecule has 0 aliphatic carbocycles. The molecule has 0 N–H and O–H groups in total. The number of ether oxygens (including phenoxy) is 2. The molecule has 5 heteroatoms. The van der Waals surface area contributed by atoms with Gasteiger partial charge in [0.15, 0.2) is 0 Å². The molecule has 0 saturated carbocycles. The number of carbonyl (C=O) groups is 1. The van der Waals surface area contributed by atoms with Crippen molar-refractivity contribution in [3.8, 4) is 11.5 Å². The fraction of sp³-hybridized carbons (Fsp3) is 0.316. The number of hydrogen-bond donors (Lipinski definition) is 0. The van der Waals surface area contributed by atoms with Gasteiger partial charge in [-0.1, -0.05) is 6.07 Å². The van der Waals surface area contributed by atoms with Gasteiger partial charge in [-0.15, -0.1) is 0 Å². The molecule has 2 aliphatic rings. The van der Waals surface area contributed by atoms with E-state index in [1.807, 2.05) is 0 Å². The second-order valence-corrected chi connectivity index (χ2v) is 6.19. The van der Waals surface area contributed by atoms with Crippen LogP contribution in [0.5, 0.6) is 11.5 Å². The van der Waals surface area contributed by atoms with Crippen LogP contribution < -0.4 is 9.47 Å². The number of nitrogens with zero attached hydrogens (tertiary/aromatic N) is 1. The van der Waals surface area contributed by atoms with Gasteiger partial charge in [0, 0.05) is 48.7 Å². The maximum absolute atomic E-state index is 13.4. The van der Waals surface area contributed by atoms with Gasteiger partial charge in [0.1, 0.15) is 17.3 Å². The molecule has 24 heavy (non-hydrogen) atoms. The molecule has 0 fully saturated rings. The average molecular weight is 327 g/mol. The SMILES string of the molecule is CN(Cc1c2c(cc3c1OCC3)OCC2)C(=O)c1cccc(F)c1. The molecule has 2 heterocycles. The van der Waals surface area contributed by atoms with Gasteiger partial charge < -0.3 is 14.4 Å². The predicted molar refractivity (Wildman–Crippen MR) is 87.0 cm³/mol. The van der Waals surface area contributed by atoms with Crippen molar-refractivity contribution in [3.05, 3.63) is 58.4 Å². The van der Waals surface area contributed by atoms with Gasteiger partial charge in [-0.2, -0.15) is 0 Å². The van der Waals surface area contributed by atoms with Crippen LogP contribution in [0.25, 0.3) is 0 Å². The molecule has 0 bridgehead atoms. The number of benzene rings is 2. The highest BCUT2D eigenvalue weighted by Gasteiger charge is 2.28. The number of rotatable bonds is 3. The van der Waals surface area contributed by atoms with Gasteiger partial charge in [-0.25, -0.2) is 4.39 Å². The van der Waals surface area contributed by atoms with Crippen molar-refractivity contribution in [2.45, 2.75) is 19.4 Å². The van der Waals surface area contributed by atoms with Gasteiger partial charge >= 0.3 is 0 Å². The molecule has 4 rings (SSSR count). The molecule has 0 unspecified atom stereocenters. The second-order valence-electron chi connectivity index (χ2n) is 6.19. The van der Waals surface area contributed by atoms with E-state index in [9.17, 15) is 9.18 Å². The number of fused-ring (bicyclic) bond motifs is 2. The first-order chi connectivity index (χ1) is 11.6. The zero-order valence-corrected chi connectivity index (χ0v) is 13.5. The molecule has 2 aromatic carbocycles. The van der Waals surface area contributed by atoms with E-state index < -0.39 is 5.82 Å². The van der Waals surface area contributed by atoms with E-state index >= 15 is 0 Å². The maximum Gasteiger partial charge on any atom is 0.254 e. The molecule has 2 aromatic rings. The van der Waals surface area contributed by atoms with E-state index in [1.165, 1.54) is 12.1 Å². The molecule has 0 spiro atoms. The minimum atomic E-state index is -0.410. The molecular formula is C19H18FNO3. The number of carbonyl (C=O) groups excluding carboxylic acids is 1. The first-order valence-electron chi connectivity index (χ1n) is 8.08. The number of hydrogen-bond acceptors (Lipinski definition) is 3. The van der Waals surface area contributed by atoms with Crippen molar-refractivity contribution in [2.24, 2.45) is 0 Å². The van der Waals surface area contributed by atoms with E-state index in [0.29, 0.717) is 25.3 Å². The zero-order valence-electron chi connectivity index (χ0n) is 13.5. The van der Waals surface area contributed by atoms with Crippen molar-refractivity contribution >= 4 is 5.91 Å². The third-order valence-corrected chi connectivity index (χ3v) is 4.57. The fourth-order valence-electron chi connectivity index (χ4n) is 3.40. The Morgan fingerprint density at radius 3 is 2.88 bits per heavy atom. The van der Waals surface area contributed by atoms with Crippen molar-refractivity contribution < 1.29 is 18.7 Å². The summed E-state index contributed by atoms with van der Waals surface area (Å²) in [7, 11) is 1.73. The Morgan fingerprint density at radius 2 is 2.04 bits per heavy atom. The Labute approximate surface area is 139 Å². The summed E-state index contributed by atoms with van der Waals surface area (Å²) in [5, 5.41) is 0. The Balaban J connectivity index is 1.65. The molecular weight excluding hydrogens is 309 g/mol. The van der Waals surface area contributed by atoms with Gasteiger partial charge in [0.05, 0.1) is 13.2 Å². The average Bonchev–Trinajstić information content (AvgIpc) is 3.22. The minimum absolute atomic E-state index is 0.210. The second kappa shape index (κ2) is 5.82. The third kappa shape index (κ3) is 2.50. The monoisotopic (exact) mass is 327 g/mol. The van der Waals surface area contributed by atoms with Crippen LogP contribution in [0.1, 0.15) is 27.0 Å². The molecule has 4 nitrogen and oxygen atoms in total. The standard InChI is InChI=1S/C19H18FNO3/c1-21(19(22)13-3-2-4-14(20)9-13)11-16-15-6-8-23-17(15)10-12-5-7-24-18(12)16/h2-4,9-10H,5-8,11H2,1H3. The van der Waals surface area contributed by atoms with Crippen molar-refractivity contribution in [2.75, 3.05) is 20.3 Å². The quantitative estimate of drug-likeness (QED) is 0.870. The number of halogens is 1. The highest BCUT2D eigenvalue weighted by atomic mass is 19.1. The smallest absolute Gasteiger partial charge is 0.254 e. The van der Waals surface area contributed by atoms with Crippen LogP contribution in [0.3, 0.4) is 0 Å².